The maximum absolute atomic E-state index is 13.4. The minimum atomic E-state index is -0.739. The van der Waals surface area contributed by atoms with Gasteiger partial charge in [0.05, 0.1) is 17.9 Å². The molecule has 0 unspecified atom stereocenters. The first kappa shape index (κ1) is 16.6. The summed E-state index contributed by atoms with van der Waals surface area (Å²) >= 11 is 0. The summed E-state index contributed by atoms with van der Waals surface area (Å²) in [5.41, 5.74) is 2.09. The van der Waals surface area contributed by atoms with Crippen LogP contribution in [0.15, 0.2) is 36.8 Å². The summed E-state index contributed by atoms with van der Waals surface area (Å²) in [5.74, 6) is -0.649. The average Bonchev–Trinajstić information content (AvgIpc) is 3.02. The maximum atomic E-state index is 13.4. The Hall–Kier alpha value is -2.83. The molecule has 4 rings (SSSR count). The molecule has 0 atom stereocenters. The number of carbonyl (C=O) groups excluding carboxylic acids is 1. The predicted molar refractivity (Wildman–Crippen MR) is 92.0 cm³/mol. The molecule has 0 aliphatic carbocycles. The van der Waals surface area contributed by atoms with Crippen LogP contribution >= 0.6 is 0 Å². The normalized spacial score (nSPS) is 15.6. The van der Waals surface area contributed by atoms with Crippen LogP contribution in [0.3, 0.4) is 0 Å². The van der Waals surface area contributed by atoms with Gasteiger partial charge in [-0.25, -0.2) is 13.8 Å². The molecule has 134 valence electrons. The molecular weight excluding hydrogens is 338 g/mol. The Balaban J connectivity index is 1.52. The lowest BCUT2D eigenvalue weighted by Gasteiger charge is -2.32. The van der Waals surface area contributed by atoms with Crippen molar-refractivity contribution in [3.63, 3.8) is 0 Å². The van der Waals surface area contributed by atoms with Crippen molar-refractivity contribution in [1.29, 1.82) is 0 Å². The fourth-order valence-corrected chi connectivity index (χ4v) is 3.66. The molecule has 0 radical (unpaired) electrons. The highest BCUT2D eigenvalue weighted by Gasteiger charge is 2.27. The number of rotatable bonds is 2. The minimum Gasteiger partial charge on any atom is -0.339 e. The molecule has 2 aromatic heterocycles. The van der Waals surface area contributed by atoms with E-state index < -0.39 is 11.6 Å². The number of benzene rings is 1. The molecule has 1 amide bonds. The molecule has 1 aliphatic rings. The lowest BCUT2D eigenvalue weighted by Crippen LogP contribution is -2.38. The zero-order valence-electron chi connectivity index (χ0n) is 14.3. The van der Waals surface area contributed by atoms with E-state index in [9.17, 15) is 13.6 Å². The first-order chi connectivity index (χ1) is 12.5. The number of likely N-dealkylation sites (tertiary alicyclic amines) is 1. The van der Waals surface area contributed by atoms with E-state index in [1.807, 2.05) is 13.1 Å². The van der Waals surface area contributed by atoms with Gasteiger partial charge < -0.3 is 4.90 Å². The van der Waals surface area contributed by atoms with Crippen LogP contribution in [0.25, 0.3) is 5.52 Å². The van der Waals surface area contributed by atoms with Gasteiger partial charge in [0, 0.05) is 42.5 Å². The number of hydrogen-bond donors (Lipinski definition) is 0. The van der Waals surface area contributed by atoms with Gasteiger partial charge in [-0.15, -0.1) is 0 Å². The number of imidazole rings is 1. The van der Waals surface area contributed by atoms with Gasteiger partial charge >= 0.3 is 0 Å². The Kier molecular flexibility index (Phi) is 4.14. The van der Waals surface area contributed by atoms with E-state index in [0.29, 0.717) is 13.1 Å². The van der Waals surface area contributed by atoms with Crippen molar-refractivity contribution in [2.45, 2.75) is 25.7 Å². The quantitative estimate of drug-likeness (QED) is 0.708. The number of piperidine rings is 1. The van der Waals surface area contributed by atoms with Gasteiger partial charge in [0.25, 0.3) is 5.91 Å². The highest BCUT2D eigenvalue weighted by Crippen LogP contribution is 2.29. The second-order valence-electron chi connectivity index (χ2n) is 6.62. The molecule has 1 aromatic carbocycles. The summed E-state index contributed by atoms with van der Waals surface area (Å²) in [5, 5.41) is 0. The Morgan fingerprint density at radius 2 is 1.77 bits per heavy atom. The molecule has 26 heavy (non-hydrogen) atoms. The molecule has 0 saturated carbocycles. The monoisotopic (exact) mass is 356 g/mol. The smallest absolute Gasteiger partial charge is 0.254 e. The lowest BCUT2D eigenvalue weighted by molar-refractivity contribution is 0.0710. The number of fused-ring (bicyclic) bond motifs is 1. The fourth-order valence-electron chi connectivity index (χ4n) is 3.66. The number of amides is 1. The molecule has 3 heterocycles. The zero-order valence-corrected chi connectivity index (χ0v) is 14.3. The molecule has 7 heteroatoms. The first-order valence-electron chi connectivity index (χ1n) is 8.56. The van der Waals surface area contributed by atoms with Gasteiger partial charge in [-0.2, -0.15) is 0 Å². The standard InChI is InChI=1S/C19H18F2N4O/c1-12-23-10-17-9-22-11-18(25(12)17)13-2-4-24(5-3-13)19(26)14-6-15(20)8-16(21)7-14/h6-11,13H,2-5H2,1H3. The van der Waals surface area contributed by atoms with Crippen LogP contribution in [0.2, 0.25) is 0 Å². The minimum absolute atomic E-state index is 0.0511. The van der Waals surface area contributed by atoms with Crippen molar-refractivity contribution in [2.24, 2.45) is 0 Å². The molecule has 1 fully saturated rings. The van der Waals surface area contributed by atoms with Crippen molar-refractivity contribution in [2.75, 3.05) is 13.1 Å². The van der Waals surface area contributed by atoms with Gasteiger partial charge in [-0.05, 0) is 31.9 Å². The molecule has 0 bridgehead atoms. The van der Waals surface area contributed by atoms with Crippen molar-refractivity contribution < 1.29 is 13.6 Å². The van der Waals surface area contributed by atoms with E-state index in [0.717, 1.165) is 48.1 Å². The second-order valence-corrected chi connectivity index (χ2v) is 6.62. The second kappa shape index (κ2) is 6.48. The third-order valence-corrected chi connectivity index (χ3v) is 4.95. The molecule has 1 saturated heterocycles. The van der Waals surface area contributed by atoms with Crippen LogP contribution in [0.4, 0.5) is 8.78 Å². The highest BCUT2D eigenvalue weighted by atomic mass is 19.1. The summed E-state index contributed by atoms with van der Waals surface area (Å²) in [6.07, 6.45) is 6.96. The number of aromatic nitrogens is 3. The van der Waals surface area contributed by atoms with E-state index in [1.165, 1.54) is 0 Å². The van der Waals surface area contributed by atoms with E-state index in [2.05, 4.69) is 14.4 Å². The van der Waals surface area contributed by atoms with Gasteiger partial charge in [0.15, 0.2) is 0 Å². The summed E-state index contributed by atoms with van der Waals surface area (Å²) < 4.78 is 28.8. The van der Waals surface area contributed by atoms with E-state index in [4.69, 9.17) is 0 Å². The number of aryl methyl sites for hydroxylation is 1. The highest BCUT2D eigenvalue weighted by molar-refractivity contribution is 5.94. The SMILES string of the molecule is Cc1ncc2cncc(C3CCN(C(=O)c4cc(F)cc(F)c4)CC3)n12. The third-order valence-electron chi connectivity index (χ3n) is 4.95. The molecule has 0 spiro atoms. The number of hydrogen-bond acceptors (Lipinski definition) is 3. The molecular formula is C19H18F2N4O. The number of nitrogens with zero attached hydrogens (tertiary/aromatic N) is 4. The fraction of sp³-hybridized carbons (Fsp3) is 0.316. The van der Waals surface area contributed by atoms with Crippen LogP contribution in [-0.4, -0.2) is 38.3 Å². The molecule has 0 N–H and O–H groups in total. The van der Waals surface area contributed by atoms with Crippen LogP contribution in [0.5, 0.6) is 0 Å². The summed E-state index contributed by atoms with van der Waals surface area (Å²) in [7, 11) is 0. The largest absolute Gasteiger partial charge is 0.339 e. The van der Waals surface area contributed by atoms with Crippen molar-refractivity contribution >= 4 is 11.4 Å². The van der Waals surface area contributed by atoms with E-state index >= 15 is 0 Å². The Morgan fingerprint density at radius 1 is 1.08 bits per heavy atom. The predicted octanol–water partition coefficient (Wildman–Crippen LogP) is 3.34. The van der Waals surface area contributed by atoms with Crippen LogP contribution in [0.1, 0.15) is 40.6 Å². The summed E-state index contributed by atoms with van der Waals surface area (Å²) in [6.45, 7) is 3.02. The maximum Gasteiger partial charge on any atom is 0.254 e. The van der Waals surface area contributed by atoms with E-state index in [-0.39, 0.29) is 17.4 Å². The van der Waals surface area contributed by atoms with Crippen molar-refractivity contribution in [1.82, 2.24) is 19.3 Å². The molecule has 5 nitrogen and oxygen atoms in total. The van der Waals surface area contributed by atoms with Gasteiger partial charge in [0.1, 0.15) is 17.5 Å². The molecule has 1 aliphatic heterocycles. The number of halogens is 2. The topological polar surface area (TPSA) is 50.5 Å². The van der Waals surface area contributed by atoms with Crippen LogP contribution in [-0.2, 0) is 0 Å². The Bertz CT molecular complexity index is 957. The Morgan fingerprint density at radius 3 is 2.46 bits per heavy atom. The average molecular weight is 356 g/mol. The summed E-state index contributed by atoms with van der Waals surface area (Å²) in [4.78, 5) is 22.8. The van der Waals surface area contributed by atoms with Gasteiger partial charge in [-0.3, -0.25) is 14.2 Å². The number of carbonyl (C=O) groups is 1. The third kappa shape index (κ3) is 2.94. The summed E-state index contributed by atoms with van der Waals surface area (Å²) in [6, 6.07) is 2.93. The van der Waals surface area contributed by atoms with Gasteiger partial charge in [-0.1, -0.05) is 0 Å². The lowest BCUT2D eigenvalue weighted by atomic mass is 9.93. The van der Waals surface area contributed by atoms with Crippen molar-refractivity contribution in [3.05, 3.63) is 65.5 Å². The van der Waals surface area contributed by atoms with Crippen molar-refractivity contribution in [3.8, 4) is 0 Å². The molecule has 3 aromatic rings. The Labute approximate surface area is 149 Å². The van der Waals surface area contributed by atoms with Crippen LogP contribution < -0.4 is 0 Å². The van der Waals surface area contributed by atoms with Gasteiger partial charge in [0.2, 0.25) is 0 Å². The van der Waals surface area contributed by atoms with Crippen LogP contribution in [0, 0.1) is 18.6 Å². The first-order valence-corrected chi connectivity index (χ1v) is 8.56. The van der Waals surface area contributed by atoms with E-state index in [1.54, 1.807) is 17.3 Å². The zero-order chi connectivity index (χ0) is 18.3.